The number of nitrogens with zero attached hydrogens (tertiary/aromatic N) is 1. The van der Waals surface area contributed by atoms with Gasteiger partial charge in [-0.2, -0.15) is 0 Å². The van der Waals surface area contributed by atoms with E-state index < -0.39 is 6.04 Å². The molecule has 0 aromatic heterocycles. The molecule has 31 heavy (non-hydrogen) atoms. The summed E-state index contributed by atoms with van der Waals surface area (Å²) in [6, 6.07) is 13.3. The van der Waals surface area contributed by atoms with Gasteiger partial charge in [-0.15, -0.1) is 0 Å². The lowest BCUT2D eigenvalue weighted by molar-refractivity contribution is -0.143. The van der Waals surface area contributed by atoms with Crippen LogP contribution in [-0.4, -0.2) is 35.4 Å². The largest absolute Gasteiger partial charge is 0.483 e. The van der Waals surface area contributed by atoms with Gasteiger partial charge in [-0.3, -0.25) is 9.59 Å². The molecule has 2 aromatic rings. The van der Waals surface area contributed by atoms with Crippen molar-refractivity contribution in [1.29, 1.82) is 0 Å². The van der Waals surface area contributed by atoms with Gasteiger partial charge in [0.1, 0.15) is 11.8 Å². The van der Waals surface area contributed by atoms with Crippen LogP contribution >= 0.6 is 0 Å². The molecule has 0 fully saturated rings. The second-order valence-corrected chi connectivity index (χ2v) is 8.25. The molecule has 2 aromatic carbocycles. The van der Waals surface area contributed by atoms with Crippen molar-refractivity contribution in [2.75, 3.05) is 6.61 Å². The van der Waals surface area contributed by atoms with Gasteiger partial charge in [0, 0.05) is 12.6 Å². The zero-order valence-corrected chi connectivity index (χ0v) is 19.7. The standard InChI is InChI=1S/C26H36N2O3/c1-7-21(6)27-26(30)23(8-2)28(16-22-12-10-9-11-19(22)4)25(29)17-31-24-14-13-18(3)15-20(24)5/h9-15,21,23H,7-8,16-17H2,1-6H3,(H,27,30)/t21-,23-/m0/s1. The van der Waals surface area contributed by atoms with Crippen molar-refractivity contribution < 1.29 is 14.3 Å². The quantitative estimate of drug-likeness (QED) is 0.601. The molecule has 0 aliphatic carbocycles. The van der Waals surface area contributed by atoms with Crippen molar-refractivity contribution in [3.05, 3.63) is 64.7 Å². The van der Waals surface area contributed by atoms with Crippen molar-refractivity contribution >= 4 is 11.8 Å². The van der Waals surface area contributed by atoms with Crippen LogP contribution in [0.4, 0.5) is 0 Å². The molecule has 0 saturated heterocycles. The average molecular weight is 425 g/mol. The smallest absolute Gasteiger partial charge is 0.261 e. The van der Waals surface area contributed by atoms with Gasteiger partial charge in [0.05, 0.1) is 0 Å². The molecule has 2 atom stereocenters. The Bertz CT molecular complexity index is 894. The summed E-state index contributed by atoms with van der Waals surface area (Å²) in [7, 11) is 0. The Labute approximate surface area is 186 Å². The van der Waals surface area contributed by atoms with Crippen molar-refractivity contribution in [2.45, 2.75) is 73.0 Å². The van der Waals surface area contributed by atoms with Crippen molar-refractivity contribution in [1.82, 2.24) is 10.2 Å². The lowest BCUT2D eigenvalue weighted by Crippen LogP contribution is -2.51. The summed E-state index contributed by atoms with van der Waals surface area (Å²) < 4.78 is 5.86. The molecular weight excluding hydrogens is 388 g/mol. The molecule has 0 radical (unpaired) electrons. The van der Waals surface area contributed by atoms with Gasteiger partial charge in [0.2, 0.25) is 5.91 Å². The molecule has 2 rings (SSSR count). The minimum Gasteiger partial charge on any atom is -0.483 e. The Morgan fingerprint density at radius 1 is 1.00 bits per heavy atom. The number of hydrogen-bond acceptors (Lipinski definition) is 3. The maximum absolute atomic E-state index is 13.3. The Morgan fingerprint density at radius 2 is 1.71 bits per heavy atom. The van der Waals surface area contributed by atoms with Crippen LogP contribution in [0.15, 0.2) is 42.5 Å². The van der Waals surface area contributed by atoms with Crippen LogP contribution in [0.5, 0.6) is 5.75 Å². The van der Waals surface area contributed by atoms with E-state index in [0.717, 1.165) is 28.7 Å². The van der Waals surface area contributed by atoms with E-state index in [2.05, 4.69) is 5.32 Å². The van der Waals surface area contributed by atoms with Crippen LogP contribution in [-0.2, 0) is 16.1 Å². The third kappa shape index (κ3) is 6.84. The fourth-order valence-corrected chi connectivity index (χ4v) is 3.52. The van der Waals surface area contributed by atoms with Crippen molar-refractivity contribution in [3.8, 4) is 5.75 Å². The summed E-state index contributed by atoms with van der Waals surface area (Å²) in [4.78, 5) is 27.9. The van der Waals surface area contributed by atoms with Crippen LogP contribution in [0, 0.1) is 20.8 Å². The summed E-state index contributed by atoms with van der Waals surface area (Å²) in [5.41, 5.74) is 4.25. The minimum absolute atomic E-state index is 0.0587. The number of carbonyl (C=O) groups excluding carboxylic acids is 2. The first-order chi connectivity index (χ1) is 14.8. The van der Waals surface area contributed by atoms with Crippen molar-refractivity contribution in [2.24, 2.45) is 0 Å². The van der Waals surface area contributed by atoms with Crippen LogP contribution in [0.2, 0.25) is 0 Å². The Kier molecular flexibility index (Phi) is 9.10. The van der Waals surface area contributed by atoms with E-state index in [4.69, 9.17) is 4.74 Å². The number of nitrogens with one attached hydrogen (secondary N) is 1. The van der Waals surface area contributed by atoms with Crippen LogP contribution in [0.1, 0.15) is 55.9 Å². The lowest BCUT2D eigenvalue weighted by atomic mass is 10.1. The van der Waals surface area contributed by atoms with Gasteiger partial charge in [-0.1, -0.05) is 55.8 Å². The van der Waals surface area contributed by atoms with E-state index in [9.17, 15) is 9.59 Å². The first kappa shape index (κ1) is 24.4. The van der Waals surface area contributed by atoms with Crippen LogP contribution in [0.25, 0.3) is 0 Å². The van der Waals surface area contributed by atoms with Gasteiger partial charge in [-0.25, -0.2) is 0 Å². The van der Waals surface area contributed by atoms with Gasteiger partial charge in [-0.05, 0) is 63.3 Å². The Hall–Kier alpha value is -2.82. The molecule has 0 bridgehead atoms. The van der Waals surface area contributed by atoms with Crippen molar-refractivity contribution in [3.63, 3.8) is 0 Å². The number of carbonyl (C=O) groups is 2. The average Bonchev–Trinajstić information content (AvgIpc) is 2.74. The number of aryl methyl sites for hydroxylation is 3. The monoisotopic (exact) mass is 424 g/mol. The highest BCUT2D eigenvalue weighted by Gasteiger charge is 2.29. The molecule has 0 unspecified atom stereocenters. The normalized spacial score (nSPS) is 12.7. The first-order valence-corrected chi connectivity index (χ1v) is 11.1. The van der Waals surface area contributed by atoms with E-state index in [1.165, 1.54) is 0 Å². The molecule has 0 saturated carbocycles. The first-order valence-electron chi connectivity index (χ1n) is 11.1. The second kappa shape index (κ2) is 11.5. The molecular formula is C26H36N2O3. The molecule has 0 heterocycles. The zero-order chi connectivity index (χ0) is 23.0. The second-order valence-electron chi connectivity index (χ2n) is 8.25. The summed E-state index contributed by atoms with van der Waals surface area (Å²) in [6.07, 6.45) is 1.37. The maximum atomic E-state index is 13.3. The topological polar surface area (TPSA) is 58.6 Å². The number of rotatable bonds is 10. The molecule has 168 valence electrons. The predicted molar refractivity (Wildman–Crippen MR) is 125 cm³/mol. The van der Waals surface area contributed by atoms with E-state index in [1.807, 2.05) is 84.0 Å². The number of ether oxygens (including phenoxy) is 1. The zero-order valence-electron chi connectivity index (χ0n) is 19.7. The molecule has 0 spiro atoms. The third-order valence-corrected chi connectivity index (χ3v) is 5.67. The van der Waals surface area contributed by atoms with E-state index >= 15 is 0 Å². The van der Waals surface area contributed by atoms with E-state index in [1.54, 1.807) is 4.90 Å². The maximum Gasteiger partial charge on any atom is 0.261 e. The molecule has 1 N–H and O–H groups in total. The highest BCUT2D eigenvalue weighted by atomic mass is 16.5. The highest BCUT2D eigenvalue weighted by Crippen LogP contribution is 2.20. The van der Waals surface area contributed by atoms with Crippen LogP contribution in [0.3, 0.4) is 0 Å². The van der Waals surface area contributed by atoms with Gasteiger partial charge < -0.3 is 15.0 Å². The van der Waals surface area contributed by atoms with E-state index in [-0.39, 0.29) is 24.5 Å². The van der Waals surface area contributed by atoms with Crippen LogP contribution < -0.4 is 10.1 Å². The Balaban J connectivity index is 2.25. The predicted octanol–water partition coefficient (Wildman–Crippen LogP) is 4.71. The third-order valence-electron chi connectivity index (χ3n) is 5.67. The SMILES string of the molecule is CC[C@H](C)NC(=O)[C@H](CC)N(Cc1ccccc1C)C(=O)COc1ccc(C)cc1C. The van der Waals surface area contributed by atoms with Gasteiger partial charge in [0.25, 0.3) is 5.91 Å². The molecule has 0 aliphatic heterocycles. The fourth-order valence-electron chi connectivity index (χ4n) is 3.52. The summed E-state index contributed by atoms with van der Waals surface area (Å²) >= 11 is 0. The number of benzene rings is 2. The summed E-state index contributed by atoms with van der Waals surface area (Å²) in [5.74, 6) is 0.367. The lowest BCUT2D eigenvalue weighted by Gasteiger charge is -2.32. The molecule has 5 heteroatoms. The minimum atomic E-state index is -0.552. The Morgan fingerprint density at radius 3 is 2.32 bits per heavy atom. The number of hydrogen-bond donors (Lipinski definition) is 1. The molecule has 5 nitrogen and oxygen atoms in total. The molecule has 2 amide bonds. The number of amides is 2. The fraction of sp³-hybridized carbons (Fsp3) is 0.462. The van der Waals surface area contributed by atoms with Gasteiger partial charge >= 0.3 is 0 Å². The highest BCUT2D eigenvalue weighted by molar-refractivity contribution is 5.88. The van der Waals surface area contributed by atoms with E-state index in [0.29, 0.717) is 18.7 Å². The summed E-state index contributed by atoms with van der Waals surface area (Å²) in [5, 5.41) is 3.03. The summed E-state index contributed by atoms with van der Waals surface area (Å²) in [6.45, 7) is 12.2. The van der Waals surface area contributed by atoms with Gasteiger partial charge in [0.15, 0.2) is 6.61 Å². The molecule has 0 aliphatic rings.